The van der Waals surface area contributed by atoms with Crippen LogP contribution in [0.1, 0.15) is 55.3 Å². The Morgan fingerprint density at radius 3 is 2.84 bits per heavy atom. The molecule has 0 aliphatic heterocycles. The third-order valence-corrected chi connectivity index (χ3v) is 7.39. The molecule has 3 saturated carbocycles. The van der Waals surface area contributed by atoms with Crippen molar-refractivity contribution in [1.82, 2.24) is 0 Å². The van der Waals surface area contributed by atoms with E-state index in [9.17, 15) is 9.59 Å². The normalized spacial score (nSPS) is 33.6. The van der Waals surface area contributed by atoms with Gasteiger partial charge < -0.3 is 4.42 Å². The molecule has 25 heavy (non-hydrogen) atoms. The van der Waals surface area contributed by atoms with Crippen LogP contribution < -0.4 is 5.63 Å². The molecule has 0 N–H and O–H groups in total. The topological polar surface area (TPSA) is 47.3 Å². The van der Waals surface area contributed by atoms with Crippen molar-refractivity contribution in [3.63, 3.8) is 0 Å². The fourth-order valence-electron chi connectivity index (χ4n) is 5.96. The third kappa shape index (κ3) is 2.44. The van der Waals surface area contributed by atoms with Crippen LogP contribution in [0.4, 0.5) is 0 Å². The predicted octanol–water partition coefficient (Wildman–Crippen LogP) is 5.34. The van der Waals surface area contributed by atoms with Gasteiger partial charge >= 0.3 is 5.63 Å². The molecule has 4 heteroatoms. The Morgan fingerprint density at radius 1 is 1.12 bits per heavy atom. The number of carbonyl (C=O) groups is 1. The van der Waals surface area contributed by atoms with Gasteiger partial charge in [-0.2, -0.15) is 0 Å². The van der Waals surface area contributed by atoms with Crippen LogP contribution in [0.3, 0.4) is 0 Å². The zero-order chi connectivity index (χ0) is 17.2. The van der Waals surface area contributed by atoms with Crippen molar-refractivity contribution in [3.05, 3.63) is 44.7 Å². The molecule has 0 saturated heterocycles. The monoisotopic (exact) mass is 400 g/mol. The van der Waals surface area contributed by atoms with Crippen molar-refractivity contribution in [2.45, 2.75) is 44.9 Å². The number of rotatable bonds is 2. The Hall–Kier alpha value is -1.42. The van der Waals surface area contributed by atoms with E-state index in [0.29, 0.717) is 23.3 Å². The van der Waals surface area contributed by atoms with Crippen LogP contribution >= 0.6 is 15.9 Å². The van der Waals surface area contributed by atoms with Crippen LogP contribution in [0.5, 0.6) is 0 Å². The number of carbonyl (C=O) groups excluding carboxylic acids is 1. The first-order valence-corrected chi connectivity index (χ1v) is 10.1. The summed E-state index contributed by atoms with van der Waals surface area (Å²) in [6.07, 6.45) is 8.04. The van der Waals surface area contributed by atoms with Gasteiger partial charge in [-0.05, 0) is 61.6 Å². The average molecular weight is 401 g/mol. The molecule has 4 unspecified atom stereocenters. The first-order chi connectivity index (χ1) is 12.0. The van der Waals surface area contributed by atoms with Gasteiger partial charge in [-0.15, -0.1) is 0 Å². The number of halogens is 1. The van der Waals surface area contributed by atoms with Gasteiger partial charge in [-0.25, -0.2) is 4.79 Å². The first kappa shape index (κ1) is 15.8. The molecule has 0 amide bonds. The summed E-state index contributed by atoms with van der Waals surface area (Å²) in [5.41, 5.74) is -0.00558. The maximum Gasteiger partial charge on any atom is 0.347 e. The van der Waals surface area contributed by atoms with Crippen molar-refractivity contribution in [1.29, 1.82) is 0 Å². The van der Waals surface area contributed by atoms with E-state index in [2.05, 4.69) is 15.9 Å². The van der Waals surface area contributed by atoms with Crippen molar-refractivity contribution in [2.24, 2.45) is 23.2 Å². The van der Waals surface area contributed by atoms with E-state index in [0.717, 1.165) is 29.1 Å². The van der Waals surface area contributed by atoms with Gasteiger partial charge in [0, 0.05) is 15.3 Å². The molecular weight excluding hydrogens is 380 g/mol. The van der Waals surface area contributed by atoms with Crippen LogP contribution in [-0.2, 0) is 0 Å². The van der Waals surface area contributed by atoms with Gasteiger partial charge in [0.15, 0.2) is 5.78 Å². The molecule has 3 aliphatic rings. The van der Waals surface area contributed by atoms with Crippen LogP contribution in [0.2, 0.25) is 0 Å². The second-order valence-corrected chi connectivity index (χ2v) is 9.32. The summed E-state index contributed by atoms with van der Waals surface area (Å²) in [6.45, 7) is 0. The summed E-state index contributed by atoms with van der Waals surface area (Å²) in [5.74, 6) is 2.08. The molecule has 3 nitrogen and oxygen atoms in total. The van der Waals surface area contributed by atoms with E-state index >= 15 is 0 Å². The minimum absolute atomic E-state index is 0.0465. The number of benzene rings is 1. The van der Waals surface area contributed by atoms with Crippen LogP contribution in [0.15, 0.2) is 37.9 Å². The van der Waals surface area contributed by atoms with E-state index in [4.69, 9.17) is 4.42 Å². The summed E-state index contributed by atoms with van der Waals surface area (Å²) in [4.78, 5) is 26.0. The standard InChI is InChI=1S/C21H21BrO3/c22-16-5-4-13-7-17(20(24)25-18(13)8-16)19(23)21-9-12-2-1-3-14(10-21)15(6-12)11-21/h4-5,7-8,12,14-15H,1-3,6,9-11H2. The zero-order valence-corrected chi connectivity index (χ0v) is 15.7. The lowest BCUT2D eigenvalue weighted by Gasteiger charge is -2.36. The maximum atomic E-state index is 13.5. The van der Waals surface area contributed by atoms with E-state index in [1.54, 1.807) is 12.1 Å². The van der Waals surface area contributed by atoms with Crippen molar-refractivity contribution in [3.8, 4) is 0 Å². The Morgan fingerprint density at radius 2 is 1.96 bits per heavy atom. The largest absolute Gasteiger partial charge is 0.422 e. The van der Waals surface area contributed by atoms with E-state index < -0.39 is 5.63 Å². The molecule has 2 aromatic rings. The SMILES string of the molecule is O=C(c1cc2ccc(Br)cc2oc1=O)C12CC3CCCC(C1)C(C3)C2. The molecule has 5 rings (SSSR count). The van der Waals surface area contributed by atoms with Crippen molar-refractivity contribution < 1.29 is 9.21 Å². The molecule has 130 valence electrons. The quantitative estimate of drug-likeness (QED) is 0.504. The number of ketones is 1. The minimum Gasteiger partial charge on any atom is -0.422 e. The van der Waals surface area contributed by atoms with Crippen LogP contribution in [0, 0.1) is 23.2 Å². The second kappa shape index (κ2) is 5.54. The molecule has 4 atom stereocenters. The number of hydrogen-bond donors (Lipinski definition) is 0. The van der Waals surface area contributed by atoms with E-state index in [1.165, 1.54) is 25.7 Å². The summed E-state index contributed by atoms with van der Waals surface area (Å²) in [5, 5.41) is 0.813. The highest BCUT2D eigenvalue weighted by Gasteiger charge is 2.55. The highest BCUT2D eigenvalue weighted by atomic mass is 79.9. The van der Waals surface area contributed by atoms with Gasteiger partial charge in [0.1, 0.15) is 11.1 Å². The Labute approximate surface area is 154 Å². The van der Waals surface area contributed by atoms with Crippen molar-refractivity contribution >= 4 is 32.7 Å². The highest BCUT2D eigenvalue weighted by Crippen LogP contribution is 2.60. The average Bonchev–Trinajstić information content (AvgIpc) is 2.75. The fraction of sp³-hybridized carbons (Fsp3) is 0.524. The van der Waals surface area contributed by atoms with Gasteiger partial charge in [-0.3, -0.25) is 4.79 Å². The molecule has 3 bridgehead atoms. The van der Waals surface area contributed by atoms with Gasteiger partial charge in [0.05, 0.1) is 0 Å². The lowest BCUT2D eigenvalue weighted by molar-refractivity contribution is 0.0668. The Balaban J connectivity index is 1.58. The smallest absolute Gasteiger partial charge is 0.347 e. The second-order valence-electron chi connectivity index (χ2n) is 8.40. The molecule has 0 spiro atoms. The minimum atomic E-state index is -0.482. The van der Waals surface area contributed by atoms with Gasteiger partial charge in [-0.1, -0.05) is 41.3 Å². The molecular formula is C21H21BrO3. The third-order valence-electron chi connectivity index (χ3n) is 6.90. The summed E-state index contributed by atoms with van der Waals surface area (Å²) in [7, 11) is 0. The highest BCUT2D eigenvalue weighted by molar-refractivity contribution is 9.10. The fourth-order valence-corrected chi connectivity index (χ4v) is 6.30. The Bertz CT molecular complexity index is 926. The molecule has 1 aromatic carbocycles. The molecule has 1 heterocycles. The van der Waals surface area contributed by atoms with E-state index in [1.807, 2.05) is 12.1 Å². The predicted molar refractivity (Wildman–Crippen MR) is 99.7 cm³/mol. The summed E-state index contributed by atoms with van der Waals surface area (Å²) in [6, 6.07) is 7.33. The number of Topliss-reactive ketones (excluding diaryl/α,β-unsaturated/α-hetero) is 1. The van der Waals surface area contributed by atoms with Gasteiger partial charge in [0.25, 0.3) is 0 Å². The maximum absolute atomic E-state index is 13.5. The molecule has 3 aliphatic carbocycles. The van der Waals surface area contributed by atoms with Crippen molar-refractivity contribution in [2.75, 3.05) is 0 Å². The van der Waals surface area contributed by atoms with Crippen LogP contribution in [0.25, 0.3) is 11.0 Å². The number of hydrogen-bond acceptors (Lipinski definition) is 3. The zero-order valence-electron chi connectivity index (χ0n) is 14.1. The summed E-state index contributed by atoms with van der Waals surface area (Å²) >= 11 is 3.39. The first-order valence-electron chi connectivity index (χ1n) is 9.32. The lowest BCUT2D eigenvalue weighted by Crippen LogP contribution is -2.36. The molecule has 0 radical (unpaired) electrons. The van der Waals surface area contributed by atoms with Gasteiger partial charge in [0.2, 0.25) is 0 Å². The summed E-state index contributed by atoms with van der Waals surface area (Å²) < 4.78 is 6.34. The number of fused-ring (bicyclic) bond motifs is 3. The Kier molecular flexibility index (Phi) is 3.50. The lowest BCUT2D eigenvalue weighted by atomic mass is 9.66. The molecule has 3 fully saturated rings. The van der Waals surface area contributed by atoms with E-state index in [-0.39, 0.29) is 16.8 Å². The molecule has 1 aromatic heterocycles. The van der Waals surface area contributed by atoms with Crippen LogP contribution in [-0.4, -0.2) is 5.78 Å².